The van der Waals surface area contributed by atoms with E-state index in [4.69, 9.17) is 11.6 Å². The summed E-state index contributed by atoms with van der Waals surface area (Å²) >= 11 is 9.35. The number of hydrogen-bond donors (Lipinski definition) is 0. The summed E-state index contributed by atoms with van der Waals surface area (Å²) in [5.74, 6) is -0.198. The highest BCUT2D eigenvalue weighted by atomic mass is 79.9. The van der Waals surface area contributed by atoms with Gasteiger partial charge in [0.2, 0.25) is 0 Å². The van der Waals surface area contributed by atoms with Crippen LogP contribution in [0.25, 0.3) is 0 Å². The van der Waals surface area contributed by atoms with Gasteiger partial charge in [0, 0.05) is 16.5 Å². The molecule has 0 bridgehead atoms. The molecular formula is C11H10BrClN2O2. The van der Waals surface area contributed by atoms with Gasteiger partial charge >= 0.3 is 6.03 Å². The van der Waals surface area contributed by atoms with Gasteiger partial charge in [-0.3, -0.25) is 9.69 Å². The van der Waals surface area contributed by atoms with Crippen molar-refractivity contribution < 1.29 is 9.59 Å². The van der Waals surface area contributed by atoms with Gasteiger partial charge in [-0.25, -0.2) is 4.79 Å². The first-order valence-electron chi connectivity index (χ1n) is 4.98. The van der Waals surface area contributed by atoms with Gasteiger partial charge in [-0.15, -0.1) is 0 Å². The average molecular weight is 318 g/mol. The highest BCUT2D eigenvalue weighted by molar-refractivity contribution is 9.10. The standard InChI is InChI=1S/C11H10BrClN2O2/c1-14-6-10(16)15(11(14)17)5-7-2-3-8(12)4-9(7)13/h2-4H,5-6H2,1H3. The minimum atomic E-state index is -0.283. The minimum absolute atomic E-state index is 0.132. The van der Waals surface area contributed by atoms with Crippen LogP contribution in [0.1, 0.15) is 5.56 Å². The highest BCUT2D eigenvalue weighted by Crippen LogP contribution is 2.24. The van der Waals surface area contributed by atoms with E-state index in [9.17, 15) is 9.59 Å². The van der Waals surface area contributed by atoms with Crippen LogP contribution in [-0.2, 0) is 11.3 Å². The van der Waals surface area contributed by atoms with Crippen LogP contribution in [0, 0.1) is 0 Å². The number of benzene rings is 1. The number of halogens is 2. The van der Waals surface area contributed by atoms with Gasteiger partial charge in [0.05, 0.1) is 6.54 Å². The summed E-state index contributed by atoms with van der Waals surface area (Å²) in [5.41, 5.74) is 0.756. The Hall–Kier alpha value is -1.07. The van der Waals surface area contributed by atoms with Crippen molar-refractivity contribution in [2.75, 3.05) is 13.6 Å². The number of hydrogen-bond acceptors (Lipinski definition) is 2. The molecule has 1 saturated heterocycles. The van der Waals surface area contributed by atoms with E-state index >= 15 is 0 Å². The number of likely N-dealkylation sites (N-methyl/N-ethyl adjacent to an activating group) is 1. The zero-order valence-electron chi connectivity index (χ0n) is 9.11. The molecule has 0 N–H and O–H groups in total. The third-order valence-electron chi connectivity index (χ3n) is 2.57. The van der Waals surface area contributed by atoms with Crippen LogP contribution in [0.4, 0.5) is 4.79 Å². The molecule has 0 atom stereocenters. The Morgan fingerprint density at radius 2 is 2.12 bits per heavy atom. The number of carbonyl (C=O) groups excluding carboxylic acids is 2. The third kappa shape index (κ3) is 2.45. The normalized spacial score (nSPS) is 15.9. The van der Waals surface area contributed by atoms with Crippen LogP contribution in [0.2, 0.25) is 5.02 Å². The maximum atomic E-state index is 11.7. The smallest absolute Gasteiger partial charge is 0.318 e. The second-order valence-electron chi connectivity index (χ2n) is 3.85. The van der Waals surface area contributed by atoms with Crippen LogP contribution in [0.3, 0.4) is 0 Å². The molecule has 1 aliphatic rings. The van der Waals surface area contributed by atoms with E-state index in [1.54, 1.807) is 19.2 Å². The lowest BCUT2D eigenvalue weighted by molar-refractivity contribution is -0.125. The van der Waals surface area contributed by atoms with E-state index in [1.807, 2.05) is 6.07 Å². The second-order valence-corrected chi connectivity index (χ2v) is 5.18. The Morgan fingerprint density at radius 3 is 2.65 bits per heavy atom. The fraction of sp³-hybridized carbons (Fsp3) is 0.273. The third-order valence-corrected chi connectivity index (χ3v) is 3.42. The van der Waals surface area contributed by atoms with E-state index < -0.39 is 0 Å². The number of rotatable bonds is 2. The zero-order chi connectivity index (χ0) is 12.6. The van der Waals surface area contributed by atoms with E-state index in [0.29, 0.717) is 5.02 Å². The van der Waals surface area contributed by atoms with Crippen molar-refractivity contribution in [2.24, 2.45) is 0 Å². The minimum Gasteiger partial charge on any atom is -0.318 e. The molecule has 17 heavy (non-hydrogen) atoms. The Bertz CT molecular complexity index is 492. The number of imide groups is 1. The molecule has 0 spiro atoms. The first kappa shape index (κ1) is 12.4. The van der Waals surface area contributed by atoms with Gasteiger partial charge in [-0.1, -0.05) is 33.6 Å². The van der Waals surface area contributed by atoms with Crippen LogP contribution in [-0.4, -0.2) is 35.3 Å². The number of urea groups is 1. The Kier molecular flexibility index (Phi) is 3.40. The Balaban J connectivity index is 2.21. The SMILES string of the molecule is CN1CC(=O)N(Cc2ccc(Br)cc2Cl)C1=O. The summed E-state index contributed by atoms with van der Waals surface area (Å²) in [6.45, 7) is 0.348. The molecule has 6 heteroatoms. The molecule has 2 rings (SSSR count). The topological polar surface area (TPSA) is 40.6 Å². The molecular weight excluding hydrogens is 307 g/mol. The summed E-state index contributed by atoms with van der Waals surface area (Å²) in [6.07, 6.45) is 0. The summed E-state index contributed by atoms with van der Waals surface area (Å²) in [7, 11) is 1.60. The van der Waals surface area contributed by atoms with Crippen molar-refractivity contribution in [1.29, 1.82) is 0 Å². The van der Waals surface area contributed by atoms with Crippen molar-refractivity contribution in [1.82, 2.24) is 9.80 Å². The van der Waals surface area contributed by atoms with Crippen molar-refractivity contribution in [3.8, 4) is 0 Å². The van der Waals surface area contributed by atoms with Gasteiger partial charge in [0.15, 0.2) is 0 Å². The van der Waals surface area contributed by atoms with Gasteiger partial charge in [-0.05, 0) is 17.7 Å². The monoisotopic (exact) mass is 316 g/mol. The lowest BCUT2D eigenvalue weighted by atomic mass is 10.2. The first-order valence-corrected chi connectivity index (χ1v) is 6.15. The first-order chi connectivity index (χ1) is 7.99. The van der Waals surface area contributed by atoms with Gasteiger partial charge in [0.25, 0.3) is 5.91 Å². The van der Waals surface area contributed by atoms with E-state index in [-0.39, 0.29) is 25.0 Å². The molecule has 0 unspecified atom stereocenters. The van der Waals surface area contributed by atoms with Crippen LogP contribution >= 0.6 is 27.5 Å². The second kappa shape index (κ2) is 4.66. The Morgan fingerprint density at radius 1 is 1.41 bits per heavy atom. The molecule has 1 heterocycles. The van der Waals surface area contributed by atoms with Gasteiger partial charge < -0.3 is 4.90 Å². The Labute approximate surface area is 112 Å². The summed E-state index contributed by atoms with van der Waals surface area (Å²) in [5, 5.41) is 0.537. The molecule has 1 fully saturated rings. The fourth-order valence-electron chi connectivity index (χ4n) is 1.64. The molecule has 0 radical (unpaired) electrons. The number of amides is 3. The largest absolute Gasteiger partial charge is 0.327 e. The quantitative estimate of drug-likeness (QED) is 0.786. The summed E-state index contributed by atoms with van der Waals surface area (Å²) < 4.78 is 0.863. The molecule has 1 aliphatic heterocycles. The summed E-state index contributed by atoms with van der Waals surface area (Å²) in [4.78, 5) is 25.9. The number of nitrogens with zero attached hydrogens (tertiary/aromatic N) is 2. The molecule has 0 aliphatic carbocycles. The predicted molar refractivity (Wildman–Crippen MR) is 67.7 cm³/mol. The number of carbonyl (C=O) groups is 2. The maximum Gasteiger partial charge on any atom is 0.327 e. The fourth-order valence-corrected chi connectivity index (χ4v) is 2.38. The summed E-state index contributed by atoms with van der Waals surface area (Å²) in [6, 6.07) is 5.08. The van der Waals surface area contributed by atoms with Gasteiger partial charge in [0.1, 0.15) is 6.54 Å². The van der Waals surface area contributed by atoms with Crippen molar-refractivity contribution in [2.45, 2.75) is 6.54 Å². The average Bonchev–Trinajstić information content (AvgIpc) is 2.48. The molecule has 1 aromatic rings. The lowest BCUT2D eigenvalue weighted by Crippen LogP contribution is -2.31. The van der Waals surface area contributed by atoms with Crippen molar-refractivity contribution >= 4 is 39.5 Å². The molecule has 90 valence electrons. The van der Waals surface area contributed by atoms with E-state index in [1.165, 1.54) is 9.80 Å². The van der Waals surface area contributed by atoms with E-state index in [0.717, 1.165) is 10.0 Å². The van der Waals surface area contributed by atoms with Crippen LogP contribution in [0.5, 0.6) is 0 Å². The molecule has 3 amide bonds. The van der Waals surface area contributed by atoms with Gasteiger partial charge in [-0.2, -0.15) is 0 Å². The van der Waals surface area contributed by atoms with Crippen molar-refractivity contribution in [3.05, 3.63) is 33.3 Å². The van der Waals surface area contributed by atoms with Crippen LogP contribution in [0.15, 0.2) is 22.7 Å². The molecule has 4 nitrogen and oxygen atoms in total. The molecule has 0 saturated carbocycles. The van der Waals surface area contributed by atoms with Crippen molar-refractivity contribution in [3.63, 3.8) is 0 Å². The maximum absolute atomic E-state index is 11.7. The van der Waals surface area contributed by atoms with Crippen LogP contribution < -0.4 is 0 Å². The predicted octanol–water partition coefficient (Wildman–Crippen LogP) is 2.50. The molecule has 1 aromatic carbocycles. The lowest BCUT2D eigenvalue weighted by Gasteiger charge is -2.15. The molecule has 0 aromatic heterocycles. The van der Waals surface area contributed by atoms with E-state index in [2.05, 4.69) is 15.9 Å². The zero-order valence-corrected chi connectivity index (χ0v) is 11.5. The highest BCUT2D eigenvalue weighted by Gasteiger charge is 2.33.